The summed E-state index contributed by atoms with van der Waals surface area (Å²) in [5.41, 5.74) is 1.77. The highest BCUT2D eigenvalue weighted by Crippen LogP contribution is 2.27. The molecular weight excluding hydrogens is 593 g/mol. The van der Waals surface area contributed by atoms with Crippen LogP contribution in [0, 0.1) is 6.92 Å². The van der Waals surface area contributed by atoms with Gasteiger partial charge in [0.25, 0.3) is 10.0 Å². The van der Waals surface area contributed by atoms with Gasteiger partial charge in [0.15, 0.2) is 0 Å². The summed E-state index contributed by atoms with van der Waals surface area (Å²) in [5.74, 6) is -0.939. The maximum Gasteiger partial charge on any atom is 0.264 e. The van der Waals surface area contributed by atoms with Crippen molar-refractivity contribution in [3.63, 3.8) is 0 Å². The van der Waals surface area contributed by atoms with E-state index >= 15 is 0 Å². The van der Waals surface area contributed by atoms with E-state index in [4.69, 9.17) is 34.8 Å². The van der Waals surface area contributed by atoms with Gasteiger partial charge in [-0.1, -0.05) is 65.5 Å². The monoisotopic (exact) mass is 623 g/mol. The molecule has 40 heavy (non-hydrogen) atoms. The molecule has 0 aliphatic rings. The quantitative estimate of drug-likeness (QED) is 0.265. The number of rotatable bonds is 11. The summed E-state index contributed by atoms with van der Waals surface area (Å²) in [6.45, 7) is 6.71. The van der Waals surface area contributed by atoms with E-state index in [0.29, 0.717) is 27.1 Å². The third-order valence-corrected chi connectivity index (χ3v) is 9.29. The van der Waals surface area contributed by atoms with E-state index in [-0.39, 0.29) is 29.1 Å². The van der Waals surface area contributed by atoms with Crippen LogP contribution in [0.4, 0.5) is 5.69 Å². The summed E-state index contributed by atoms with van der Waals surface area (Å²) in [7, 11) is -4.16. The van der Waals surface area contributed by atoms with Crippen LogP contribution < -0.4 is 9.62 Å². The van der Waals surface area contributed by atoms with Gasteiger partial charge < -0.3 is 10.2 Å². The zero-order valence-corrected chi connectivity index (χ0v) is 25.8. The lowest BCUT2D eigenvalue weighted by molar-refractivity contribution is -0.139. The first-order valence-corrected chi connectivity index (χ1v) is 15.3. The molecule has 3 aromatic carbocycles. The minimum atomic E-state index is -4.16. The Bertz CT molecular complexity index is 1450. The molecule has 3 aromatic rings. The van der Waals surface area contributed by atoms with E-state index < -0.39 is 28.5 Å². The molecule has 7 nitrogen and oxygen atoms in total. The fourth-order valence-corrected chi connectivity index (χ4v) is 5.72. The fraction of sp³-hybridized carbons (Fsp3) is 0.310. The van der Waals surface area contributed by atoms with E-state index in [0.717, 1.165) is 9.87 Å². The molecule has 3 rings (SSSR count). The average Bonchev–Trinajstić information content (AvgIpc) is 2.92. The maximum absolute atomic E-state index is 13.9. The van der Waals surface area contributed by atoms with Gasteiger partial charge in [-0.15, -0.1) is 0 Å². The number of hydrogen-bond donors (Lipinski definition) is 1. The third-order valence-electron chi connectivity index (χ3n) is 6.51. The van der Waals surface area contributed by atoms with Gasteiger partial charge in [-0.25, -0.2) is 8.42 Å². The van der Waals surface area contributed by atoms with Gasteiger partial charge >= 0.3 is 0 Å². The summed E-state index contributed by atoms with van der Waals surface area (Å²) in [6.07, 6.45) is 0.707. The number of nitrogens with zero attached hydrogens (tertiary/aromatic N) is 2. The second-order valence-corrected chi connectivity index (χ2v) is 12.7. The SMILES string of the molecule is CC[C@H](C)NC(=O)[C@@H](C)N(Cc1ccc(Cl)c(Cl)c1)C(=O)CN(c1ccc(Cl)cc1)S(=O)(=O)c1ccc(C)cc1. The van der Waals surface area contributed by atoms with Gasteiger partial charge in [0.2, 0.25) is 11.8 Å². The van der Waals surface area contributed by atoms with Crippen molar-refractivity contribution in [2.24, 2.45) is 0 Å². The molecule has 0 unspecified atom stereocenters. The Labute approximate surface area is 251 Å². The third kappa shape index (κ3) is 7.91. The van der Waals surface area contributed by atoms with Gasteiger partial charge in [0, 0.05) is 17.6 Å². The van der Waals surface area contributed by atoms with Crippen LogP contribution in [0.2, 0.25) is 15.1 Å². The summed E-state index contributed by atoms with van der Waals surface area (Å²) < 4.78 is 28.7. The molecular formula is C29H32Cl3N3O4S. The van der Waals surface area contributed by atoms with Crippen molar-refractivity contribution >= 4 is 62.3 Å². The van der Waals surface area contributed by atoms with Gasteiger partial charge in [-0.05, 0) is 81.3 Å². The Morgan fingerprint density at radius 2 is 1.52 bits per heavy atom. The molecule has 2 amide bonds. The molecule has 0 spiro atoms. The number of anilines is 1. The molecule has 0 aliphatic carbocycles. The first-order chi connectivity index (χ1) is 18.8. The van der Waals surface area contributed by atoms with Gasteiger partial charge in [0.05, 0.1) is 20.6 Å². The van der Waals surface area contributed by atoms with Gasteiger partial charge in [-0.3, -0.25) is 13.9 Å². The molecule has 0 fully saturated rings. The van der Waals surface area contributed by atoms with Gasteiger partial charge in [-0.2, -0.15) is 0 Å². The topological polar surface area (TPSA) is 86.8 Å². The van der Waals surface area contributed by atoms with E-state index in [1.165, 1.54) is 29.2 Å². The van der Waals surface area contributed by atoms with Crippen LogP contribution >= 0.6 is 34.8 Å². The molecule has 0 bridgehead atoms. The predicted molar refractivity (Wildman–Crippen MR) is 162 cm³/mol. The molecule has 2 atom stereocenters. The molecule has 0 saturated heterocycles. The minimum absolute atomic E-state index is 0.00382. The lowest BCUT2D eigenvalue weighted by Gasteiger charge is -2.32. The lowest BCUT2D eigenvalue weighted by atomic mass is 10.1. The normalized spacial score (nSPS) is 12.9. The highest BCUT2D eigenvalue weighted by molar-refractivity contribution is 7.92. The standard InChI is InChI=1S/C29H32Cl3N3O4S/c1-5-20(3)33-29(37)21(4)34(17-22-8-15-26(31)27(32)16-22)28(36)18-35(24-11-9-23(30)10-12-24)40(38,39)25-13-6-19(2)7-14-25/h6-16,20-21H,5,17-18H2,1-4H3,(H,33,37)/t20-,21+/m0/s1. The van der Waals surface area contributed by atoms with Crippen LogP contribution in [-0.4, -0.2) is 43.8 Å². The molecule has 1 N–H and O–H groups in total. The van der Waals surface area contributed by atoms with Crippen molar-refractivity contribution in [2.45, 2.75) is 57.6 Å². The van der Waals surface area contributed by atoms with Crippen molar-refractivity contribution < 1.29 is 18.0 Å². The largest absolute Gasteiger partial charge is 0.352 e. The number of hydrogen-bond acceptors (Lipinski definition) is 4. The second kappa shape index (κ2) is 13.7. The van der Waals surface area contributed by atoms with Crippen LogP contribution in [0.25, 0.3) is 0 Å². The smallest absolute Gasteiger partial charge is 0.264 e. The van der Waals surface area contributed by atoms with Crippen molar-refractivity contribution in [3.8, 4) is 0 Å². The fourth-order valence-electron chi connectivity index (χ4n) is 3.86. The van der Waals surface area contributed by atoms with Crippen LogP contribution in [0.5, 0.6) is 0 Å². The van der Waals surface area contributed by atoms with Crippen LogP contribution in [0.1, 0.15) is 38.3 Å². The summed E-state index contributed by atoms with van der Waals surface area (Å²) in [5, 5.41) is 3.96. The zero-order chi connectivity index (χ0) is 29.6. The maximum atomic E-state index is 13.9. The number of sulfonamides is 1. The highest BCUT2D eigenvalue weighted by Gasteiger charge is 2.32. The Morgan fingerprint density at radius 3 is 2.10 bits per heavy atom. The number of carbonyl (C=O) groups is 2. The molecule has 214 valence electrons. The van der Waals surface area contributed by atoms with E-state index in [9.17, 15) is 18.0 Å². The van der Waals surface area contributed by atoms with Crippen molar-refractivity contribution in [1.29, 1.82) is 0 Å². The van der Waals surface area contributed by atoms with Crippen molar-refractivity contribution in [3.05, 3.63) is 92.9 Å². The number of carbonyl (C=O) groups excluding carboxylic acids is 2. The minimum Gasteiger partial charge on any atom is -0.352 e. The van der Waals surface area contributed by atoms with E-state index in [1.54, 1.807) is 49.4 Å². The first-order valence-electron chi connectivity index (χ1n) is 12.7. The molecule has 11 heteroatoms. The number of halogens is 3. The Balaban J connectivity index is 2.03. The summed E-state index contributed by atoms with van der Waals surface area (Å²) in [6, 6.07) is 16.4. The van der Waals surface area contributed by atoms with Crippen LogP contribution in [0.3, 0.4) is 0 Å². The number of benzene rings is 3. The first kappa shape index (κ1) is 31.7. The molecule has 0 aromatic heterocycles. The van der Waals surface area contributed by atoms with E-state index in [1.807, 2.05) is 20.8 Å². The lowest BCUT2D eigenvalue weighted by Crippen LogP contribution is -2.52. The summed E-state index contributed by atoms with van der Waals surface area (Å²) >= 11 is 18.3. The van der Waals surface area contributed by atoms with E-state index in [2.05, 4.69) is 5.32 Å². The molecule has 0 heterocycles. The van der Waals surface area contributed by atoms with Crippen molar-refractivity contribution in [1.82, 2.24) is 10.2 Å². The molecule has 0 radical (unpaired) electrons. The highest BCUT2D eigenvalue weighted by atomic mass is 35.5. The molecule has 0 aliphatic heterocycles. The zero-order valence-electron chi connectivity index (χ0n) is 22.7. The Morgan fingerprint density at radius 1 is 0.900 bits per heavy atom. The average molecular weight is 625 g/mol. The Hall–Kier alpha value is -2.78. The van der Waals surface area contributed by atoms with Gasteiger partial charge in [0.1, 0.15) is 12.6 Å². The second-order valence-electron chi connectivity index (χ2n) is 9.57. The van der Waals surface area contributed by atoms with Crippen LogP contribution in [-0.2, 0) is 26.2 Å². The molecule has 0 saturated carbocycles. The number of amides is 2. The Kier molecular flexibility index (Phi) is 10.9. The predicted octanol–water partition coefficient (Wildman–Crippen LogP) is 6.48. The summed E-state index contributed by atoms with van der Waals surface area (Å²) in [4.78, 5) is 28.4. The number of nitrogens with one attached hydrogen (secondary N) is 1. The number of aryl methyl sites for hydroxylation is 1. The van der Waals surface area contributed by atoms with Crippen molar-refractivity contribution in [2.75, 3.05) is 10.8 Å². The van der Waals surface area contributed by atoms with Crippen LogP contribution in [0.15, 0.2) is 71.6 Å².